The molecule has 5 unspecified atom stereocenters. The van der Waals surface area contributed by atoms with Gasteiger partial charge in [-0.3, -0.25) is 19.1 Å². The molecule has 4 aliphatic rings. The molecule has 8 nitrogen and oxygen atoms in total. The molecule has 8 heteroatoms. The summed E-state index contributed by atoms with van der Waals surface area (Å²) in [6.45, 7) is 0. The van der Waals surface area contributed by atoms with E-state index in [1.165, 1.54) is 6.42 Å². The van der Waals surface area contributed by atoms with Crippen molar-refractivity contribution in [3.05, 3.63) is 17.0 Å². The molecule has 168 valence electrons. The SMILES string of the molecule is O=C(NC1C2CCC(C2)C1C(=O)O)c1nn(C2CCCCC2)c2c1CC(C(=O)O)CC2. The maximum Gasteiger partial charge on any atom is 0.308 e. The normalized spacial score (nSPS) is 32.6. The number of rotatable bonds is 5. The molecule has 3 saturated carbocycles. The number of amides is 1. The highest BCUT2D eigenvalue weighted by molar-refractivity contribution is 5.95. The molecule has 3 N–H and O–H groups in total. The largest absolute Gasteiger partial charge is 0.481 e. The van der Waals surface area contributed by atoms with Crippen molar-refractivity contribution in [2.45, 2.75) is 82.7 Å². The Bertz CT molecular complexity index is 903. The average Bonchev–Trinajstić information content (AvgIpc) is 3.46. The number of aromatic nitrogens is 2. The van der Waals surface area contributed by atoms with E-state index < -0.39 is 23.8 Å². The van der Waals surface area contributed by atoms with E-state index in [1.807, 2.05) is 4.68 Å². The van der Waals surface area contributed by atoms with E-state index in [4.69, 9.17) is 5.10 Å². The Labute approximate surface area is 181 Å². The predicted molar refractivity (Wildman–Crippen MR) is 111 cm³/mol. The molecule has 1 heterocycles. The molecule has 0 aliphatic heterocycles. The molecule has 4 aliphatic carbocycles. The highest BCUT2D eigenvalue weighted by Gasteiger charge is 2.52. The fraction of sp³-hybridized carbons (Fsp3) is 0.739. The van der Waals surface area contributed by atoms with Gasteiger partial charge in [0.1, 0.15) is 0 Å². The third-order valence-electron chi connectivity index (χ3n) is 8.28. The Morgan fingerprint density at radius 1 is 0.935 bits per heavy atom. The summed E-state index contributed by atoms with van der Waals surface area (Å²) in [5, 5.41) is 27.0. The van der Waals surface area contributed by atoms with Gasteiger partial charge in [-0.05, 0) is 63.2 Å². The summed E-state index contributed by atoms with van der Waals surface area (Å²) >= 11 is 0. The van der Waals surface area contributed by atoms with Crippen LogP contribution in [0, 0.1) is 23.7 Å². The third kappa shape index (κ3) is 3.53. The summed E-state index contributed by atoms with van der Waals surface area (Å²) in [6.07, 6.45) is 9.80. The lowest BCUT2D eigenvalue weighted by atomic mass is 9.84. The van der Waals surface area contributed by atoms with Gasteiger partial charge in [0.25, 0.3) is 5.91 Å². The van der Waals surface area contributed by atoms with Crippen molar-refractivity contribution >= 4 is 17.8 Å². The Hall–Kier alpha value is -2.38. The minimum atomic E-state index is -0.835. The number of carbonyl (C=O) groups excluding carboxylic acids is 1. The average molecular weight is 430 g/mol. The fourth-order valence-electron chi connectivity index (χ4n) is 6.74. The van der Waals surface area contributed by atoms with Crippen molar-refractivity contribution in [3.8, 4) is 0 Å². The van der Waals surface area contributed by atoms with Crippen molar-refractivity contribution < 1.29 is 24.6 Å². The van der Waals surface area contributed by atoms with E-state index >= 15 is 0 Å². The van der Waals surface area contributed by atoms with E-state index in [9.17, 15) is 24.6 Å². The highest BCUT2D eigenvalue weighted by atomic mass is 16.4. The predicted octanol–water partition coefficient (Wildman–Crippen LogP) is 2.81. The lowest BCUT2D eigenvalue weighted by molar-refractivity contribution is -0.144. The molecule has 1 amide bonds. The molecule has 0 radical (unpaired) electrons. The summed E-state index contributed by atoms with van der Waals surface area (Å²) in [6, 6.07) is -0.0993. The highest BCUT2D eigenvalue weighted by Crippen LogP contribution is 2.48. The van der Waals surface area contributed by atoms with E-state index in [0.717, 1.165) is 56.2 Å². The fourth-order valence-corrected chi connectivity index (χ4v) is 6.74. The number of hydrogen-bond donors (Lipinski definition) is 3. The number of aliphatic carboxylic acids is 2. The summed E-state index contributed by atoms with van der Waals surface area (Å²) in [5.74, 6) is -2.70. The molecule has 31 heavy (non-hydrogen) atoms. The van der Waals surface area contributed by atoms with Gasteiger partial charge in [-0.2, -0.15) is 5.10 Å². The van der Waals surface area contributed by atoms with Gasteiger partial charge in [0.05, 0.1) is 17.9 Å². The first-order valence-electron chi connectivity index (χ1n) is 11.8. The van der Waals surface area contributed by atoms with Gasteiger partial charge >= 0.3 is 11.9 Å². The zero-order chi connectivity index (χ0) is 21.7. The number of carboxylic acid groups (broad SMARTS) is 2. The first-order valence-corrected chi connectivity index (χ1v) is 11.8. The lowest BCUT2D eigenvalue weighted by Crippen LogP contribution is -2.47. The Balaban J connectivity index is 1.45. The van der Waals surface area contributed by atoms with Gasteiger partial charge in [0, 0.05) is 17.3 Å². The van der Waals surface area contributed by atoms with Crippen LogP contribution in [0.1, 0.15) is 85.6 Å². The minimum Gasteiger partial charge on any atom is -0.481 e. The molecule has 2 bridgehead atoms. The smallest absolute Gasteiger partial charge is 0.308 e. The van der Waals surface area contributed by atoms with Gasteiger partial charge in [-0.1, -0.05) is 19.3 Å². The summed E-state index contributed by atoms with van der Waals surface area (Å²) in [5.41, 5.74) is 2.09. The summed E-state index contributed by atoms with van der Waals surface area (Å²) < 4.78 is 2.01. The molecule has 3 fully saturated rings. The minimum absolute atomic E-state index is 0.137. The molecule has 1 aromatic heterocycles. The maximum absolute atomic E-state index is 13.4. The van der Waals surface area contributed by atoms with Crippen LogP contribution in [0.4, 0.5) is 0 Å². The van der Waals surface area contributed by atoms with Crippen LogP contribution in [-0.4, -0.2) is 43.9 Å². The van der Waals surface area contributed by atoms with Gasteiger partial charge in [-0.25, -0.2) is 0 Å². The summed E-state index contributed by atoms with van der Waals surface area (Å²) in [7, 11) is 0. The van der Waals surface area contributed by atoms with Crippen LogP contribution in [0.5, 0.6) is 0 Å². The van der Waals surface area contributed by atoms with Crippen LogP contribution in [-0.2, 0) is 22.4 Å². The van der Waals surface area contributed by atoms with Gasteiger partial charge in [0.15, 0.2) is 5.69 Å². The standard InChI is InChI=1S/C23H31N3O5/c27-21(24-19-13-7-6-12(10-13)18(19)23(30)31)20-16-11-14(22(28)29)8-9-17(16)26(25-20)15-4-2-1-3-5-15/h12-15,18-19H,1-11H2,(H,24,27)(H,28,29)(H,30,31). The van der Waals surface area contributed by atoms with Gasteiger partial charge < -0.3 is 15.5 Å². The number of hydrogen-bond acceptors (Lipinski definition) is 4. The monoisotopic (exact) mass is 429 g/mol. The number of nitrogens with one attached hydrogen (secondary N) is 1. The van der Waals surface area contributed by atoms with E-state index in [-0.39, 0.29) is 29.8 Å². The summed E-state index contributed by atoms with van der Waals surface area (Å²) in [4.78, 5) is 36.9. The second-order valence-electron chi connectivity index (χ2n) is 9.98. The Morgan fingerprint density at radius 3 is 2.39 bits per heavy atom. The van der Waals surface area contributed by atoms with E-state index in [2.05, 4.69) is 5.32 Å². The lowest BCUT2D eigenvalue weighted by Gasteiger charge is -2.28. The van der Waals surface area contributed by atoms with Crippen LogP contribution in [0.2, 0.25) is 0 Å². The molecule has 5 rings (SSSR count). The molecular weight excluding hydrogens is 398 g/mol. The van der Waals surface area contributed by atoms with Gasteiger partial charge in [0.2, 0.25) is 0 Å². The van der Waals surface area contributed by atoms with Crippen LogP contribution < -0.4 is 5.32 Å². The first-order chi connectivity index (χ1) is 14.9. The number of fused-ring (bicyclic) bond motifs is 3. The second-order valence-corrected chi connectivity index (χ2v) is 9.98. The van der Waals surface area contributed by atoms with Crippen molar-refractivity contribution in [2.75, 3.05) is 0 Å². The number of carboxylic acids is 2. The Morgan fingerprint density at radius 2 is 1.68 bits per heavy atom. The molecule has 0 spiro atoms. The molecular formula is C23H31N3O5. The molecule has 0 aromatic carbocycles. The zero-order valence-corrected chi connectivity index (χ0v) is 17.8. The topological polar surface area (TPSA) is 122 Å². The molecule has 1 aromatic rings. The quantitative estimate of drug-likeness (QED) is 0.662. The third-order valence-corrected chi connectivity index (χ3v) is 8.28. The van der Waals surface area contributed by atoms with Crippen LogP contribution in [0.3, 0.4) is 0 Å². The second kappa shape index (κ2) is 7.95. The van der Waals surface area contributed by atoms with E-state index in [1.54, 1.807) is 0 Å². The maximum atomic E-state index is 13.4. The van der Waals surface area contributed by atoms with Crippen LogP contribution in [0.15, 0.2) is 0 Å². The van der Waals surface area contributed by atoms with Crippen LogP contribution >= 0.6 is 0 Å². The number of nitrogens with zero attached hydrogens (tertiary/aromatic N) is 2. The number of carbonyl (C=O) groups is 3. The van der Waals surface area contributed by atoms with Crippen molar-refractivity contribution in [3.63, 3.8) is 0 Å². The Kier molecular flexibility index (Phi) is 5.26. The zero-order valence-electron chi connectivity index (χ0n) is 17.8. The van der Waals surface area contributed by atoms with Gasteiger partial charge in [-0.15, -0.1) is 0 Å². The first kappa shape index (κ1) is 20.5. The van der Waals surface area contributed by atoms with Crippen molar-refractivity contribution in [2.24, 2.45) is 23.7 Å². The van der Waals surface area contributed by atoms with E-state index in [0.29, 0.717) is 25.0 Å². The molecule has 0 saturated heterocycles. The van der Waals surface area contributed by atoms with Crippen molar-refractivity contribution in [1.82, 2.24) is 15.1 Å². The van der Waals surface area contributed by atoms with Crippen molar-refractivity contribution in [1.29, 1.82) is 0 Å². The molecule has 5 atom stereocenters. The van der Waals surface area contributed by atoms with Crippen LogP contribution in [0.25, 0.3) is 0 Å².